The minimum atomic E-state index is -2.78. The Bertz CT molecular complexity index is 275. The third-order valence-corrected chi connectivity index (χ3v) is 4.79. The van der Waals surface area contributed by atoms with Crippen molar-refractivity contribution in [2.75, 3.05) is 31.1 Å². The highest BCUT2D eigenvalue weighted by Crippen LogP contribution is 2.23. The first-order chi connectivity index (χ1) is 6.12. The molecule has 2 saturated heterocycles. The van der Waals surface area contributed by atoms with Crippen LogP contribution in [0.3, 0.4) is 0 Å². The van der Waals surface area contributed by atoms with E-state index in [1.54, 1.807) is 0 Å². The van der Waals surface area contributed by atoms with Gasteiger partial charge in [-0.15, -0.1) is 0 Å². The van der Waals surface area contributed by atoms with Gasteiger partial charge in [-0.3, -0.25) is 0 Å². The van der Waals surface area contributed by atoms with E-state index in [0.29, 0.717) is 18.1 Å². The summed E-state index contributed by atoms with van der Waals surface area (Å²) in [5.41, 5.74) is -0.109. The summed E-state index contributed by atoms with van der Waals surface area (Å²) in [6.07, 6.45) is 1.87. The zero-order valence-electron chi connectivity index (χ0n) is 7.67. The molecule has 0 unspecified atom stereocenters. The Morgan fingerprint density at radius 3 is 2.38 bits per heavy atom. The molecule has 0 saturated carbocycles. The maximum Gasteiger partial charge on any atom is 0.153 e. The van der Waals surface area contributed by atoms with Gasteiger partial charge in [0.2, 0.25) is 0 Å². The van der Waals surface area contributed by atoms with E-state index in [-0.39, 0.29) is 5.54 Å². The van der Waals surface area contributed by atoms with Crippen molar-refractivity contribution in [3.63, 3.8) is 0 Å². The first-order valence-electron chi connectivity index (χ1n) is 4.78. The summed E-state index contributed by atoms with van der Waals surface area (Å²) in [4.78, 5) is 0. The van der Waals surface area contributed by atoms with Crippen LogP contribution in [0.2, 0.25) is 0 Å². The molecule has 4 nitrogen and oxygen atoms in total. The lowest BCUT2D eigenvalue weighted by molar-refractivity contribution is 0.267. The molecule has 0 amide bonds. The number of piperidine rings is 1. The Hall–Kier alpha value is -0.130. The first-order valence-corrected chi connectivity index (χ1v) is 6.60. The molecule has 0 aromatic rings. The maximum atomic E-state index is 11.5. The van der Waals surface area contributed by atoms with Crippen LogP contribution in [0, 0.1) is 0 Å². The molecule has 0 atom stereocenters. The molecular formula is C8H16N2O2S. The van der Waals surface area contributed by atoms with Gasteiger partial charge in [-0.2, -0.15) is 0 Å². The van der Waals surface area contributed by atoms with Crippen molar-refractivity contribution in [2.24, 2.45) is 0 Å². The van der Waals surface area contributed by atoms with Gasteiger partial charge in [-0.1, -0.05) is 0 Å². The molecule has 2 aliphatic rings. The van der Waals surface area contributed by atoms with Crippen LogP contribution in [0.15, 0.2) is 0 Å². The largest absolute Gasteiger partial charge is 0.317 e. The topological polar surface area (TPSA) is 58.2 Å². The number of hydrogen-bond donors (Lipinski definition) is 2. The van der Waals surface area contributed by atoms with Crippen LogP contribution in [-0.4, -0.2) is 45.1 Å². The van der Waals surface area contributed by atoms with Crippen molar-refractivity contribution < 1.29 is 8.42 Å². The molecule has 2 fully saturated rings. The van der Waals surface area contributed by atoms with Crippen molar-refractivity contribution in [3.8, 4) is 0 Å². The van der Waals surface area contributed by atoms with Crippen LogP contribution in [-0.2, 0) is 9.84 Å². The van der Waals surface area contributed by atoms with Gasteiger partial charge >= 0.3 is 0 Å². The molecule has 0 bridgehead atoms. The van der Waals surface area contributed by atoms with Crippen molar-refractivity contribution in [1.82, 2.24) is 10.6 Å². The Labute approximate surface area is 79.0 Å². The quantitative estimate of drug-likeness (QED) is 0.538. The minimum Gasteiger partial charge on any atom is -0.317 e. The fourth-order valence-electron chi connectivity index (χ4n) is 2.24. The molecule has 2 N–H and O–H groups in total. The number of nitrogens with one attached hydrogen (secondary N) is 2. The Kier molecular flexibility index (Phi) is 2.33. The SMILES string of the molecule is O=S1(=O)CCNC2(CCNCC2)C1. The molecule has 2 rings (SSSR count). The van der Waals surface area contributed by atoms with E-state index in [1.165, 1.54) is 0 Å². The lowest BCUT2D eigenvalue weighted by atomic mass is 9.90. The van der Waals surface area contributed by atoms with E-state index >= 15 is 0 Å². The highest BCUT2D eigenvalue weighted by molar-refractivity contribution is 7.91. The number of hydrogen-bond acceptors (Lipinski definition) is 4. The summed E-state index contributed by atoms with van der Waals surface area (Å²) in [5, 5.41) is 6.62. The van der Waals surface area contributed by atoms with Crippen LogP contribution in [0.25, 0.3) is 0 Å². The van der Waals surface area contributed by atoms with Crippen LogP contribution in [0.1, 0.15) is 12.8 Å². The molecule has 0 radical (unpaired) electrons. The molecule has 0 aromatic heterocycles. The van der Waals surface area contributed by atoms with E-state index in [1.807, 2.05) is 0 Å². The lowest BCUT2D eigenvalue weighted by Gasteiger charge is -2.41. The van der Waals surface area contributed by atoms with Gasteiger partial charge in [-0.25, -0.2) is 8.42 Å². The smallest absolute Gasteiger partial charge is 0.153 e. The third-order valence-electron chi connectivity index (χ3n) is 2.97. The average Bonchev–Trinajstić information content (AvgIpc) is 2.03. The summed E-state index contributed by atoms with van der Waals surface area (Å²) >= 11 is 0. The van der Waals surface area contributed by atoms with Crippen LogP contribution in [0.4, 0.5) is 0 Å². The highest BCUT2D eigenvalue weighted by Gasteiger charge is 2.39. The second kappa shape index (κ2) is 3.22. The predicted octanol–water partition coefficient (Wildman–Crippen LogP) is -0.873. The molecule has 0 aromatic carbocycles. The number of sulfone groups is 1. The normalized spacial score (nSPS) is 31.7. The van der Waals surface area contributed by atoms with Crippen molar-refractivity contribution in [3.05, 3.63) is 0 Å². The molecule has 76 valence electrons. The zero-order valence-corrected chi connectivity index (χ0v) is 8.49. The van der Waals surface area contributed by atoms with E-state index in [2.05, 4.69) is 10.6 Å². The van der Waals surface area contributed by atoms with Crippen LogP contribution in [0.5, 0.6) is 0 Å². The Balaban J connectivity index is 2.13. The average molecular weight is 204 g/mol. The van der Waals surface area contributed by atoms with Crippen LogP contribution >= 0.6 is 0 Å². The van der Waals surface area contributed by atoms with Gasteiger partial charge in [0.25, 0.3) is 0 Å². The number of rotatable bonds is 0. The predicted molar refractivity (Wildman–Crippen MR) is 51.5 cm³/mol. The molecule has 2 aliphatic heterocycles. The standard InChI is InChI=1S/C8H16N2O2S/c11-13(12)6-5-10-8(7-13)1-3-9-4-2-8/h9-10H,1-7H2. The van der Waals surface area contributed by atoms with E-state index in [9.17, 15) is 8.42 Å². The molecule has 2 heterocycles. The lowest BCUT2D eigenvalue weighted by Crippen LogP contribution is -2.60. The molecule has 13 heavy (non-hydrogen) atoms. The minimum absolute atomic E-state index is 0.109. The molecule has 5 heteroatoms. The van der Waals surface area contributed by atoms with Crippen molar-refractivity contribution in [2.45, 2.75) is 18.4 Å². The Morgan fingerprint density at radius 2 is 1.77 bits per heavy atom. The highest BCUT2D eigenvalue weighted by atomic mass is 32.2. The monoisotopic (exact) mass is 204 g/mol. The summed E-state index contributed by atoms with van der Waals surface area (Å²) in [6, 6.07) is 0. The van der Waals surface area contributed by atoms with Gasteiger partial charge < -0.3 is 10.6 Å². The van der Waals surface area contributed by atoms with E-state index in [4.69, 9.17) is 0 Å². The molecular weight excluding hydrogens is 188 g/mol. The van der Waals surface area contributed by atoms with Gasteiger partial charge in [0.15, 0.2) is 9.84 Å². The van der Waals surface area contributed by atoms with Gasteiger partial charge in [0.05, 0.1) is 11.5 Å². The first kappa shape index (κ1) is 9.43. The van der Waals surface area contributed by atoms with E-state index < -0.39 is 9.84 Å². The van der Waals surface area contributed by atoms with Crippen LogP contribution < -0.4 is 10.6 Å². The fourth-order valence-corrected chi connectivity index (χ4v) is 4.03. The summed E-state index contributed by atoms with van der Waals surface area (Å²) in [5.74, 6) is 0.643. The van der Waals surface area contributed by atoms with Gasteiger partial charge in [0, 0.05) is 12.1 Å². The van der Waals surface area contributed by atoms with Gasteiger partial charge in [-0.05, 0) is 25.9 Å². The van der Waals surface area contributed by atoms with Gasteiger partial charge in [0.1, 0.15) is 0 Å². The second-order valence-corrected chi connectivity index (χ2v) is 6.23. The third kappa shape index (κ3) is 2.03. The summed E-state index contributed by atoms with van der Waals surface area (Å²) < 4.78 is 22.9. The van der Waals surface area contributed by atoms with E-state index in [0.717, 1.165) is 25.9 Å². The summed E-state index contributed by atoms with van der Waals surface area (Å²) in [7, 11) is -2.78. The molecule has 1 spiro atoms. The molecule has 0 aliphatic carbocycles. The van der Waals surface area contributed by atoms with Crippen molar-refractivity contribution in [1.29, 1.82) is 0 Å². The Morgan fingerprint density at radius 1 is 1.08 bits per heavy atom. The maximum absolute atomic E-state index is 11.5. The van der Waals surface area contributed by atoms with Crippen molar-refractivity contribution >= 4 is 9.84 Å². The zero-order chi connectivity index (χ0) is 9.36. The summed E-state index contributed by atoms with van der Waals surface area (Å²) in [6.45, 7) is 2.49. The fraction of sp³-hybridized carbons (Fsp3) is 1.00. The second-order valence-electron chi connectivity index (χ2n) is 4.05.